The van der Waals surface area contributed by atoms with Crippen LogP contribution in [0.25, 0.3) is 0 Å². The Labute approximate surface area is 105 Å². The lowest BCUT2D eigenvalue weighted by molar-refractivity contribution is -0.137. The summed E-state index contributed by atoms with van der Waals surface area (Å²) in [6.45, 7) is 1.96. The third-order valence-corrected chi connectivity index (χ3v) is 2.65. The number of carbonyl (C=O) groups excluding carboxylic acids is 1. The number of benzene rings is 1. The van der Waals surface area contributed by atoms with Gasteiger partial charge in [-0.2, -0.15) is 0 Å². The van der Waals surface area contributed by atoms with Crippen LogP contribution in [0.5, 0.6) is 0 Å². The molecule has 1 N–H and O–H groups in total. The van der Waals surface area contributed by atoms with Crippen LogP contribution >= 0.6 is 0 Å². The lowest BCUT2D eigenvalue weighted by atomic mass is 10.1. The van der Waals surface area contributed by atoms with Gasteiger partial charge in [0.15, 0.2) is 0 Å². The zero-order valence-corrected chi connectivity index (χ0v) is 10.4. The number of carboxylic acid groups (broad SMARTS) is 1. The van der Waals surface area contributed by atoms with Gasteiger partial charge < -0.3 is 10.0 Å². The Morgan fingerprint density at radius 2 is 2.06 bits per heavy atom. The number of rotatable bonds is 5. The molecule has 0 aliphatic rings. The molecule has 0 atom stereocenters. The van der Waals surface area contributed by atoms with Crippen molar-refractivity contribution >= 4 is 11.9 Å². The van der Waals surface area contributed by atoms with Crippen LogP contribution in [-0.4, -0.2) is 35.5 Å². The molecule has 0 aliphatic heterocycles. The van der Waals surface area contributed by atoms with Gasteiger partial charge in [-0.3, -0.25) is 9.59 Å². The Balaban J connectivity index is 2.62. The summed E-state index contributed by atoms with van der Waals surface area (Å²) in [5.41, 5.74) is 0.760. The maximum Gasteiger partial charge on any atom is 0.303 e. The zero-order valence-electron chi connectivity index (χ0n) is 10.4. The van der Waals surface area contributed by atoms with Gasteiger partial charge in [-0.1, -0.05) is 6.07 Å². The van der Waals surface area contributed by atoms with Crippen LogP contribution in [0.15, 0.2) is 18.2 Å². The summed E-state index contributed by atoms with van der Waals surface area (Å²) in [7, 11) is 1.57. The van der Waals surface area contributed by atoms with Crippen LogP contribution < -0.4 is 0 Å². The molecular weight excluding hydrogens is 237 g/mol. The van der Waals surface area contributed by atoms with Crippen molar-refractivity contribution in [2.45, 2.75) is 19.8 Å². The molecule has 1 aromatic rings. The van der Waals surface area contributed by atoms with Crippen molar-refractivity contribution < 1.29 is 19.1 Å². The number of hydrogen-bond donors (Lipinski definition) is 1. The molecule has 0 aliphatic carbocycles. The average Bonchev–Trinajstić information content (AvgIpc) is 2.31. The largest absolute Gasteiger partial charge is 0.481 e. The minimum absolute atomic E-state index is 0.0138. The number of amides is 1. The number of carbonyl (C=O) groups is 2. The number of nitrogens with zero attached hydrogens (tertiary/aromatic N) is 1. The molecule has 5 heteroatoms. The highest BCUT2D eigenvalue weighted by atomic mass is 19.1. The summed E-state index contributed by atoms with van der Waals surface area (Å²) in [6.07, 6.45) is 0.395. The smallest absolute Gasteiger partial charge is 0.303 e. The van der Waals surface area contributed by atoms with Crippen LogP contribution in [0.2, 0.25) is 0 Å². The molecule has 1 aromatic carbocycles. The predicted molar refractivity (Wildman–Crippen MR) is 65.0 cm³/mol. The van der Waals surface area contributed by atoms with Crippen LogP contribution in [0.1, 0.15) is 28.8 Å². The summed E-state index contributed by atoms with van der Waals surface area (Å²) in [6, 6.07) is 4.31. The molecule has 98 valence electrons. The van der Waals surface area contributed by atoms with E-state index in [1.54, 1.807) is 26.1 Å². The van der Waals surface area contributed by atoms with Crippen molar-refractivity contribution in [3.05, 3.63) is 35.1 Å². The SMILES string of the molecule is Cc1ccc(C(=O)N(C)CCCC(=O)O)cc1F. The third-order valence-electron chi connectivity index (χ3n) is 2.65. The quantitative estimate of drug-likeness (QED) is 0.874. The van der Waals surface area contributed by atoms with Gasteiger partial charge in [0.2, 0.25) is 0 Å². The van der Waals surface area contributed by atoms with E-state index in [-0.39, 0.29) is 17.9 Å². The zero-order chi connectivity index (χ0) is 13.7. The van der Waals surface area contributed by atoms with E-state index in [1.807, 2.05) is 0 Å². The topological polar surface area (TPSA) is 57.6 Å². The number of aryl methyl sites for hydroxylation is 1. The lowest BCUT2D eigenvalue weighted by Gasteiger charge is -2.16. The number of carboxylic acids is 1. The fourth-order valence-corrected chi connectivity index (χ4v) is 1.52. The van der Waals surface area contributed by atoms with Crippen molar-refractivity contribution in [1.29, 1.82) is 0 Å². The monoisotopic (exact) mass is 253 g/mol. The Hall–Kier alpha value is -1.91. The van der Waals surface area contributed by atoms with Gasteiger partial charge in [0.1, 0.15) is 5.82 Å². The third kappa shape index (κ3) is 3.84. The van der Waals surface area contributed by atoms with Gasteiger partial charge in [-0.15, -0.1) is 0 Å². The standard InChI is InChI=1S/C13H16FNO3/c1-9-5-6-10(8-11(9)14)13(18)15(2)7-3-4-12(16)17/h5-6,8H,3-4,7H2,1-2H3,(H,16,17). The van der Waals surface area contributed by atoms with Crippen LogP contribution in [-0.2, 0) is 4.79 Å². The second-order valence-electron chi connectivity index (χ2n) is 4.19. The molecule has 1 amide bonds. The van der Waals surface area contributed by atoms with Gasteiger partial charge in [0.25, 0.3) is 5.91 Å². The summed E-state index contributed by atoms with van der Waals surface area (Å²) in [4.78, 5) is 23.6. The minimum atomic E-state index is -0.891. The normalized spacial score (nSPS) is 10.2. The summed E-state index contributed by atoms with van der Waals surface area (Å²) in [5, 5.41) is 8.50. The molecule has 0 aromatic heterocycles. The number of hydrogen-bond acceptors (Lipinski definition) is 2. The number of aliphatic carboxylic acids is 1. The molecule has 0 spiro atoms. The van der Waals surface area contributed by atoms with E-state index in [4.69, 9.17) is 5.11 Å². The van der Waals surface area contributed by atoms with Crippen molar-refractivity contribution in [1.82, 2.24) is 4.90 Å². The maximum atomic E-state index is 13.3. The molecule has 0 bridgehead atoms. The molecule has 0 saturated carbocycles. The fourth-order valence-electron chi connectivity index (χ4n) is 1.52. The molecule has 1 rings (SSSR count). The Bertz CT molecular complexity index is 460. The van der Waals surface area contributed by atoms with E-state index in [0.29, 0.717) is 18.5 Å². The highest BCUT2D eigenvalue weighted by molar-refractivity contribution is 5.94. The molecule has 18 heavy (non-hydrogen) atoms. The molecule has 0 unspecified atom stereocenters. The van der Waals surface area contributed by atoms with E-state index in [0.717, 1.165) is 0 Å². The molecular formula is C13H16FNO3. The highest BCUT2D eigenvalue weighted by Crippen LogP contribution is 2.11. The van der Waals surface area contributed by atoms with Gasteiger partial charge in [0.05, 0.1) is 0 Å². The van der Waals surface area contributed by atoms with Crippen molar-refractivity contribution in [3.63, 3.8) is 0 Å². The van der Waals surface area contributed by atoms with Crippen molar-refractivity contribution in [2.24, 2.45) is 0 Å². The molecule has 0 fully saturated rings. The predicted octanol–water partition coefficient (Wildman–Crippen LogP) is 2.07. The summed E-state index contributed by atoms with van der Waals surface area (Å²) in [5.74, 6) is -1.61. The highest BCUT2D eigenvalue weighted by Gasteiger charge is 2.13. The molecule has 0 saturated heterocycles. The first-order valence-electron chi connectivity index (χ1n) is 5.65. The van der Waals surface area contributed by atoms with Crippen LogP contribution in [0, 0.1) is 12.7 Å². The van der Waals surface area contributed by atoms with Gasteiger partial charge >= 0.3 is 5.97 Å². The van der Waals surface area contributed by atoms with E-state index < -0.39 is 11.8 Å². The Morgan fingerprint density at radius 3 is 2.61 bits per heavy atom. The maximum absolute atomic E-state index is 13.3. The minimum Gasteiger partial charge on any atom is -0.481 e. The van der Waals surface area contributed by atoms with Crippen molar-refractivity contribution in [2.75, 3.05) is 13.6 Å². The van der Waals surface area contributed by atoms with E-state index in [1.165, 1.54) is 11.0 Å². The summed E-state index contributed by atoms with van der Waals surface area (Å²) < 4.78 is 13.3. The summed E-state index contributed by atoms with van der Waals surface area (Å²) >= 11 is 0. The van der Waals surface area contributed by atoms with Crippen LogP contribution in [0.4, 0.5) is 4.39 Å². The van der Waals surface area contributed by atoms with Crippen LogP contribution in [0.3, 0.4) is 0 Å². The first-order chi connectivity index (χ1) is 8.41. The molecule has 4 nitrogen and oxygen atoms in total. The van der Waals surface area contributed by atoms with E-state index in [2.05, 4.69) is 0 Å². The second-order valence-corrected chi connectivity index (χ2v) is 4.19. The van der Waals surface area contributed by atoms with Gasteiger partial charge in [0, 0.05) is 25.6 Å². The van der Waals surface area contributed by atoms with Gasteiger partial charge in [-0.25, -0.2) is 4.39 Å². The van der Waals surface area contributed by atoms with E-state index in [9.17, 15) is 14.0 Å². The first-order valence-corrected chi connectivity index (χ1v) is 5.65. The fraction of sp³-hybridized carbons (Fsp3) is 0.385. The lowest BCUT2D eigenvalue weighted by Crippen LogP contribution is -2.28. The number of halogens is 1. The Morgan fingerprint density at radius 1 is 1.39 bits per heavy atom. The molecule has 0 heterocycles. The molecule has 0 radical (unpaired) electrons. The first kappa shape index (κ1) is 14.2. The van der Waals surface area contributed by atoms with Gasteiger partial charge in [-0.05, 0) is 31.0 Å². The van der Waals surface area contributed by atoms with E-state index >= 15 is 0 Å². The average molecular weight is 253 g/mol. The van der Waals surface area contributed by atoms with Crippen molar-refractivity contribution in [3.8, 4) is 0 Å². The Kier molecular flexibility index (Phi) is 4.83. The second kappa shape index (κ2) is 6.14.